The molecular weight excluding hydrogens is 310 g/mol. The summed E-state index contributed by atoms with van der Waals surface area (Å²) < 4.78 is 1.02. The van der Waals surface area contributed by atoms with E-state index in [0.717, 1.165) is 21.4 Å². The summed E-state index contributed by atoms with van der Waals surface area (Å²) in [5, 5.41) is 3.29. The fourth-order valence-corrected chi connectivity index (χ4v) is 2.12. The van der Waals surface area contributed by atoms with Crippen LogP contribution in [-0.2, 0) is 0 Å². The highest BCUT2D eigenvalue weighted by atomic mass is 79.9. The van der Waals surface area contributed by atoms with Gasteiger partial charge in [-0.2, -0.15) is 0 Å². The molecule has 0 saturated carbocycles. The first kappa shape index (κ1) is 13.0. The summed E-state index contributed by atoms with van der Waals surface area (Å²) >= 11 is 8.54. The van der Waals surface area contributed by atoms with Crippen molar-refractivity contribution >= 4 is 44.5 Å². The number of halogens is 1. The molecule has 0 bridgehead atoms. The van der Waals surface area contributed by atoms with Crippen LogP contribution in [0.3, 0.4) is 0 Å². The molecule has 92 valence electrons. The van der Waals surface area contributed by atoms with Gasteiger partial charge in [0.15, 0.2) is 0 Å². The van der Waals surface area contributed by atoms with Crippen LogP contribution in [0.15, 0.2) is 41.0 Å². The molecule has 0 fully saturated rings. The number of aromatic nitrogens is 1. The molecule has 1 aromatic carbocycles. The number of hydrogen-bond acceptors (Lipinski definition) is 3. The highest BCUT2D eigenvalue weighted by Gasteiger charge is 2.08. The summed E-state index contributed by atoms with van der Waals surface area (Å²) in [6.45, 7) is 2.03. The Kier molecular flexibility index (Phi) is 3.93. The number of hydrogen-bond donors (Lipinski definition) is 2. The predicted molar refractivity (Wildman–Crippen MR) is 82.3 cm³/mol. The van der Waals surface area contributed by atoms with Crippen LogP contribution in [-0.4, -0.2) is 9.97 Å². The van der Waals surface area contributed by atoms with Crippen LogP contribution in [0.2, 0.25) is 0 Å². The second-order valence-corrected chi connectivity index (χ2v) is 5.06. The van der Waals surface area contributed by atoms with E-state index in [4.69, 9.17) is 18.0 Å². The number of aryl methyl sites for hydroxylation is 1. The Labute approximate surface area is 120 Å². The topological polar surface area (TPSA) is 50.9 Å². The van der Waals surface area contributed by atoms with E-state index in [1.54, 1.807) is 6.20 Å². The molecule has 0 aliphatic heterocycles. The first-order valence-electron chi connectivity index (χ1n) is 5.36. The van der Waals surface area contributed by atoms with E-state index in [2.05, 4.69) is 26.2 Å². The largest absolute Gasteiger partial charge is 0.388 e. The quantitative estimate of drug-likeness (QED) is 0.849. The minimum absolute atomic E-state index is 0.280. The van der Waals surface area contributed by atoms with Gasteiger partial charge in [0.25, 0.3) is 0 Å². The van der Waals surface area contributed by atoms with E-state index >= 15 is 0 Å². The lowest BCUT2D eigenvalue weighted by Gasteiger charge is -2.12. The fraction of sp³-hybridized carbons (Fsp3) is 0.0769. The van der Waals surface area contributed by atoms with E-state index in [0.29, 0.717) is 5.69 Å². The molecule has 0 atom stereocenters. The van der Waals surface area contributed by atoms with Gasteiger partial charge in [0.05, 0.1) is 11.4 Å². The van der Waals surface area contributed by atoms with E-state index in [1.807, 2.05) is 37.3 Å². The van der Waals surface area contributed by atoms with Gasteiger partial charge in [0.2, 0.25) is 0 Å². The van der Waals surface area contributed by atoms with Crippen molar-refractivity contribution in [3.05, 3.63) is 52.3 Å². The van der Waals surface area contributed by atoms with E-state index in [1.165, 1.54) is 0 Å². The van der Waals surface area contributed by atoms with E-state index < -0.39 is 0 Å². The zero-order valence-electron chi connectivity index (χ0n) is 9.77. The second kappa shape index (κ2) is 5.46. The lowest BCUT2D eigenvalue weighted by Crippen LogP contribution is -2.13. The highest BCUT2D eigenvalue weighted by Crippen LogP contribution is 2.29. The number of nitrogens with one attached hydrogen (secondary N) is 1. The Bertz CT molecular complexity index is 599. The van der Waals surface area contributed by atoms with Crippen LogP contribution < -0.4 is 11.1 Å². The molecule has 18 heavy (non-hydrogen) atoms. The van der Waals surface area contributed by atoms with Crippen molar-refractivity contribution < 1.29 is 0 Å². The maximum absolute atomic E-state index is 5.65. The van der Waals surface area contributed by atoms with Crippen LogP contribution in [0.1, 0.15) is 11.3 Å². The minimum Gasteiger partial charge on any atom is -0.388 e. The van der Waals surface area contributed by atoms with Crippen LogP contribution in [0.5, 0.6) is 0 Å². The third kappa shape index (κ3) is 2.68. The van der Waals surface area contributed by atoms with Crippen molar-refractivity contribution in [3.63, 3.8) is 0 Å². The van der Waals surface area contributed by atoms with Crippen molar-refractivity contribution in [2.45, 2.75) is 6.92 Å². The minimum atomic E-state index is 0.280. The van der Waals surface area contributed by atoms with Gasteiger partial charge < -0.3 is 11.1 Å². The van der Waals surface area contributed by atoms with Crippen LogP contribution in [0.25, 0.3) is 0 Å². The summed E-state index contributed by atoms with van der Waals surface area (Å²) in [5.74, 6) is 0. The normalized spacial score (nSPS) is 10.1. The molecule has 0 unspecified atom stereocenters. The molecule has 0 amide bonds. The monoisotopic (exact) mass is 321 g/mol. The Morgan fingerprint density at radius 3 is 2.72 bits per heavy atom. The number of thiocarbonyl (C=S) groups is 1. The van der Waals surface area contributed by atoms with Gasteiger partial charge in [0.1, 0.15) is 10.7 Å². The van der Waals surface area contributed by atoms with Gasteiger partial charge in [-0.15, -0.1) is 0 Å². The molecule has 0 spiro atoms. The molecule has 1 aromatic heterocycles. The first-order chi connectivity index (χ1) is 8.59. The molecule has 3 N–H and O–H groups in total. The van der Waals surface area contributed by atoms with Crippen LogP contribution in [0, 0.1) is 6.92 Å². The number of anilines is 2. The number of nitrogens with zero attached hydrogens (tertiary/aromatic N) is 1. The number of rotatable bonds is 3. The summed E-state index contributed by atoms with van der Waals surface area (Å²) in [6.07, 6.45) is 1.67. The van der Waals surface area contributed by atoms with Gasteiger partial charge >= 0.3 is 0 Å². The van der Waals surface area contributed by atoms with Crippen molar-refractivity contribution in [1.82, 2.24) is 4.98 Å². The lowest BCUT2D eigenvalue weighted by molar-refractivity contribution is 1.28. The van der Waals surface area contributed by atoms with Crippen molar-refractivity contribution in [2.75, 3.05) is 5.32 Å². The number of benzene rings is 1. The van der Waals surface area contributed by atoms with Gasteiger partial charge in [0, 0.05) is 10.7 Å². The van der Waals surface area contributed by atoms with Crippen molar-refractivity contribution in [3.8, 4) is 0 Å². The SMILES string of the molecule is Cc1cccc(Nc2cccnc2C(N)=S)c1Br. The third-order valence-electron chi connectivity index (χ3n) is 2.50. The fourth-order valence-electron chi connectivity index (χ4n) is 1.59. The Morgan fingerprint density at radius 1 is 1.28 bits per heavy atom. The molecule has 3 nitrogen and oxygen atoms in total. The lowest BCUT2D eigenvalue weighted by atomic mass is 10.2. The van der Waals surface area contributed by atoms with Crippen LogP contribution in [0.4, 0.5) is 11.4 Å². The van der Waals surface area contributed by atoms with Gasteiger partial charge in [-0.1, -0.05) is 24.4 Å². The zero-order chi connectivity index (χ0) is 13.1. The molecule has 2 rings (SSSR count). The summed E-state index contributed by atoms with van der Waals surface area (Å²) in [6, 6.07) is 9.74. The summed E-state index contributed by atoms with van der Waals surface area (Å²) in [5.41, 5.74) is 9.17. The Hall–Kier alpha value is -1.46. The molecule has 0 aliphatic rings. The average molecular weight is 322 g/mol. The summed E-state index contributed by atoms with van der Waals surface area (Å²) in [7, 11) is 0. The number of nitrogens with two attached hydrogens (primary N) is 1. The molecule has 0 aliphatic carbocycles. The molecular formula is C13H12BrN3S. The molecule has 0 saturated heterocycles. The van der Waals surface area contributed by atoms with Gasteiger partial charge in [-0.3, -0.25) is 4.98 Å². The van der Waals surface area contributed by atoms with Gasteiger partial charge in [-0.05, 0) is 46.6 Å². The highest BCUT2D eigenvalue weighted by molar-refractivity contribution is 9.10. The van der Waals surface area contributed by atoms with E-state index in [-0.39, 0.29) is 4.99 Å². The molecule has 5 heteroatoms. The average Bonchev–Trinajstić information content (AvgIpc) is 2.35. The molecule has 0 radical (unpaired) electrons. The number of pyridine rings is 1. The smallest absolute Gasteiger partial charge is 0.124 e. The Balaban J connectivity index is 2.40. The van der Waals surface area contributed by atoms with Gasteiger partial charge in [-0.25, -0.2) is 0 Å². The zero-order valence-corrected chi connectivity index (χ0v) is 12.2. The van der Waals surface area contributed by atoms with Crippen molar-refractivity contribution in [1.29, 1.82) is 0 Å². The summed E-state index contributed by atoms with van der Waals surface area (Å²) in [4.78, 5) is 4.46. The molecule has 2 aromatic rings. The third-order valence-corrected chi connectivity index (χ3v) is 3.75. The Morgan fingerprint density at radius 2 is 2.00 bits per heavy atom. The molecule has 1 heterocycles. The maximum atomic E-state index is 5.65. The van der Waals surface area contributed by atoms with E-state index in [9.17, 15) is 0 Å². The predicted octanol–water partition coefficient (Wildman–Crippen LogP) is 3.53. The standard InChI is InChI=1S/C13H12BrN3S/c1-8-4-2-5-9(11(8)14)17-10-6-3-7-16-12(10)13(15)18/h2-7,17H,1H3,(H2,15,18). The first-order valence-corrected chi connectivity index (χ1v) is 6.56. The second-order valence-electron chi connectivity index (χ2n) is 3.83. The maximum Gasteiger partial charge on any atom is 0.124 e. The van der Waals surface area contributed by atoms with Crippen LogP contribution >= 0.6 is 28.1 Å². The van der Waals surface area contributed by atoms with Crippen molar-refractivity contribution in [2.24, 2.45) is 5.73 Å².